The van der Waals surface area contributed by atoms with Gasteiger partial charge in [-0.3, -0.25) is 4.79 Å². The van der Waals surface area contributed by atoms with Gasteiger partial charge in [-0.15, -0.1) is 0 Å². The highest BCUT2D eigenvalue weighted by molar-refractivity contribution is 6.30. The van der Waals surface area contributed by atoms with Gasteiger partial charge in [0.15, 0.2) is 0 Å². The van der Waals surface area contributed by atoms with Crippen LogP contribution in [0.1, 0.15) is 44.6 Å². The van der Waals surface area contributed by atoms with E-state index >= 15 is 0 Å². The number of benzene rings is 1. The Morgan fingerprint density at radius 1 is 1.52 bits per heavy atom. The van der Waals surface area contributed by atoms with E-state index in [9.17, 15) is 9.90 Å². The van der Waals surface area contributed by atoms with E-state index in [1.54, 1.807) is 0 Å². The minimum atomic E-state index is -0.386. The molecule has 0 aliphatic carbocycles. The zero-order chi connectivity index (χ0) is 15.2. The van der Waals surface area contributed by atoms with Gasteiger partial charge in [-0.25, -0.2) is 0 Å². The van der Waals surface area contributed by atoms with Crippen LogP contribution in [0.4, 0.5) is 0 Å². The predicted octanol–water partition coefficient (Wildman–Crippen LogP) is 3.59. The molecule has 1 N–H and O–H groups in total. The van der Waals surface area contributed by atoms with E-state index < -0.39 is 0 Å². The highest BCUT2D eigenvalue weighted by atomic mass is 35.5. The Bertz CT molecular complexity index is 478. The maximum atomic E-state index is 11.8. The third kappa shape index (κ3) is 4.72. The molecule has 1 aliphatic rings. The van der Waals surface area contributed by atoms with E-state index in [1.807, 2.05) is 42.6 Å². The summed E-state index contributed by atoms with van der Waals surface area (Å²) in [5.41, 5.74) is 1.05. The average Bonchev–Trinajstić information content (AvgIpc) is 2.78. The second-order valence-corrected chi connectivity index (χ2v) is 6.09. The molecule has 1 fully saturated rings. The van der Waals surface area contributed by atoms with Gasteiger partial charge in [0.2, 0.25) is 5.91 Å². The Morgan fingerprint density at radius 2 is 2.33 bits per heavy atom. The fourth-order valence-electron chi connectivity index (χ4n) is 2.92. The van der Waals surface area contributed by atoms with Crippen molar-refractivity contribution in [3.63, 3.8) is 0 Å². The lowest BCUT2D eigenvalue weighted by Crippen LogP contribution is -2.31. The van der Waals surface area contributed by atoms with Crippen LogP contribution >= 0.6 is 11.6 Å². The van der Waals surface area contributed by atoms with E-state index in [0.717, 1.165) is 24.8 Å². The number of hydrogen-bond acceptors (Lipinski definition) is 2. The Labute approximate surface area is 131 Å². The van der Waals surface area contributed by atoms with Gasteiger partial charge >= 0.3 is 0 Å². The van der Waals surface area contributed by atoms with Crippen molar-refractivity contribution >= 4 is 17.5 Å². The van der Waals surface area contributed by atoms with Crippen LogP contribution in [0, 0.1) is 6.54 Å². The van der Waals surface area contributed by atoms with Gasteiger partial charge in [-0.05, 0) is 49.8 Å². The molecule has 115 valence electrons. The second-order valence-electron chi connectivity index (χ2n) is 5.65. The van der Waals surface area contributed by atoms with Crippen LogP contribution in [0.15, 0.2) is 24.3 Å². The number of halogens is 1. The maximum absolute atomic E-state index is 11.8. The summed E-state index contributed by atoms with van der Waals surface area (Å²) < 4.78 is 0. The molecule has 1 aliphatic heterocycles. The fourth-order valence-corrected chi connectivity index (χ4v) is 3.13. The Kier molecular flexibility index (Phi) is 6.07. The predicted molar refractivity (Wildman–Crippen MR) is 84.9 cm³/mol. The molecule has 1 amide bonds. The Hall–Kier alpha value is -1.06. The molecule has 1 saturated heterocycles. The Morgan fingerprint density at radius 3 is 3.05 bits per heavy atom. The molecule has 0 spiro atoms. The highest BCUT2D eigenvalue weighted by Gasteiger charge is 2.30. The van der Waals surface area contributed by atoms with Crippen molar-refractivity contribution in [3.05, 3.63) is 41.4 Å². The standard InChI is InChI=1S/C17H23ClNO2/c1-2-10-19-15(7-9-17(19)21)6-8-16(20)12-13-4-3-5-14(18)11-13/h3-5,10-11,15-16,20H,2,6-9,12H2,1H3. The largest absolute Gasteiger partial charge is 0.393 e. The molecule has 0 aromatic heterocycles. The number of carbonyl (C=O) groups excluding carboxylic acids is 1. The summed E-state index contributed by atoms with van der Waals surface area (Å²) in [5.74, 6) is 0.214. The van der Waals surface area contributed by atoms with E-state index in [1.165, 1.54) is 0 Å². The first-order valence-corrected chi connectivity index (χ1v) is 8.05. The van der Waals surface area contributed by atoms with Crippen LogP contribution in [0.25, 0.3) is 0 Å². The third-order valence-corrected chi connectivity index (χ3v) is 4.18. The van der Waals surface area contributed by atoms with Gasteiger partial charge in [0, 0.05) is 17.5 Å². The molecule has 0 saturated carbocycles. The van der Waals surface area contributed by atoms with Crippen molar-refractivity contribution < 1.29 is 9.90 Å². The molecular weight excluding hydrogens is 286 g/mol. The molecule has 3 nitrogen and oxygen atoms in total. The quantitative estimate of drug-likeness (QED) is 0.836. The normalized spacial score (nSPS) is 20.0. The van der Waals surface area contributed by atoms with Gasteiger partial charge in [-0.2, -0.15) is 0 Å². The summed E-state index contributed by atoms with van der Waals surface area (Å²) in [6.45, 7) is 4.01. The van der Waals surface area contributed by atoms with Gasteiger partial charge in [0.05, 0.1) is 12.6 Å². The lowest BCUT2D eigenvalue weighted by Gasteiger charge is -2.24. The van der Waals surface area contributed by atoms with Crippen LogP contribution < -0.4 is 0 Å². The molecule has 2 atom stereocenters. The summed E-state index contributed by atoms with van der Waals surface area (Å²) in [6.07, 6.45) is 4.18. The first-order chi connectivity index (χ1) is 10.1. The van der Waals surface area contributed by atoms with Gasteiger partial charge in [-0.1, -0.05) is 30.7 Å². The summed E-state index contributed by atoms with van der Waals surface area (Å²) in [5, 5.41) is 10.9. The Balaban J connectivity index is 1.81. The number of aliphatic hydroxyl groups excluding tert-OH is 1. The summed E-state index contributed by atoms with van der Waals surface area (Å²) in [6, 6.07) is 7.86. The second kappa shape index (κ2) is 7.81. The highest BCUT2D eigenvalue weighted by Crippen LogP contribution is 2.25. The van der Waals surface area contributed by atoms with Crippen molar-refractivity contribution in [2.45, 2.75) is 57.6 Å². The zero-order valence-electron chi connectivity index (χ0n) is 12.5. The molecule has 2 rings (SSSR count). The zero-order valence-corrected chi connectivity index (χ0v) is 13.2. The van der Waals surface area contributed by atoms with Crippen molar-refractivity contribution in [2.75, 3.05) is 0 Å². The summed E-state index contributed by atoms with van der Waals surface area (Å²) in [4.78, 5) is 13.6. The minimum Gasteiger partial charge on any atom is -0.393 e. The van der Waals surface area contributed by atoms with Crippen LogP contribution in [0.2, 0.25) is 5.02 Å². The molecule has 4 heteroatoms. The molecule has 2 unspecified atom stereocenters. The lowest BCUT2D eigenvalue weighted by atomic mass is 10.0. The summed E-state index contributed by atoms with van der Waals surface area (Å²) in [7, 11) is 0. The first kappa shape index (κ1) is 16.3. The monoisotopic (exact) mass is 308 g/mol. The third-order valence-electron chi connectivity index (χ3n) is 3.95. The van der Waals surface area contributed by atoms with Crippen LogP contribution in [0.3, 0.4) is 0 Å². The van der Waals surface area contributed by atoms with E-state index in [0.29, 0.717) is 24.3 Å². The number of hydrogen-bond donors (Lipinski definition) is 1. The smallest absolute Gasteiger partial charge is 0.223 e. The van der Waals surface area contributed by atoms with Crippen molar-refractivity contribution in [2.24, 2.45) is 0 Å². The molecule has 1 heterocycles. The van der Waals surface area contributed by atoms with E-state index in [4.69, 9.17) is 11.6 Å². The molecular formula is C17H23ClNO2. The number of carbonyl (C=O) groups is 1. The number of amides is 1. The lowest BCUT2D eigenvalue weighted by molar-refractivity contribution is -0.127. The molecule has 21 heavy (non-hydrogen) atoms. The average molecular weight is 309 g/mol. The fraction of sp³-hybridized carbons (Fsp3) is 0.529. The topological polar surface area (TPSA) is 40.5 Å². The number of aliphatic hydroxyl groups is 1. The summed E-state index contributed by atoms with van der Waals surface area (Å²) >= 11 is 5.95. The SMILES string of the molecule is CC[CH]N1C(=O)CCC1CCC(O)Cc1cccc(Cl)c1. The van der Waals surface area contributed by atoms with Gasteiger partial charge in [0.25, 0.3) is 0 Å². The first-order valence-electron chi connectivity index (χ1n) is 7.67. The van der Waals surface area contributed by atoms with Crippen LogP contribution in [-0.4, -0.2) is 28.1 Å². The van der Waals surface area contributed by atoms with E-state index in [-0.39, 0.29) is 18.1 Å². The minimum absolute atomic E-state index is 0.214. The van der Waals surface area contributed by atoms with Crippen molar-refractivity contribution in [3.8, 4) is 0 Å². The molecule has 1 radical (unpaired) electrons. The number of likely N-dealkylation sites (tertiary alicyclic amines) is 1. The molecule has 0 bridgehead atoms. The van der Waals surface area contributed by atoms with Gasteiger partial charge in [0.1, 0.15) is 0 Å². The van der Waals surface area contributed by atoms with Crippen molar-refractivity contribution in [1.82, 2.24) is 4.90 Å². The maximum Gasteiger partial charge on any atom is 0.223 e. The van der Waals surface area contributed by atoms with Crippen LogP contribution in [-0.2, 0) is 11.2 Å². The van der Waals surface area contributed by atoms with Crippen LogP contribution in [0.5, 0.6) is 0 Å². The van der Waals surface area contributed by atoms with Crippen molar-refractivity contribution in [1.29, 1.82) is 0 Å². The van der Waals surface area contributed by atoms with E-state index in [2.05, 4.69) is 0 Å². The molecule has 1 aromatic rings. The molecule has 1 aromatic carbocycles. The number of nitrogens with zero attached hydrogens (tertiary/aromatic N) is 1. The van der Waals surface area contributed by atoms with Gasteiger partial charge < -0.3 is 10.0 Å². The number of rotatable bonds is 7.